The van der Waals surface area contributed by atoms with Gasteiger partial charge in [-0.05, 0) is 44.8 Å². The number of carbonyl (C=O) groups excluding carboxylic acids is 1. The van der Waals surface area contributed by atoms with Crippen molar-refractivity contribution in [1.82, 2.24) is 9.80 Å². The van der Waals surface area contributed by atoms with E-state index in [4.69, 9.17) is 0 Å². The maximum Gasteiger partial charge on any atom is 0.247 e. The third-order valence-electron chi connectivity index (χ3n) is 5.59. The van der Waals surface area contributed by atoms with Crippen LogP contribution < -0.4 is 0 Å². The van der Waals surface area contributed by atoms with Crippen LogP contribution >= 0.6 is 31.9 Å². The molecule has 1 heterocycles. The summed E-state index contributed by atoms with van der Waals surface area (Å²) in [6.07, 6.45) is 1.69. The summed E-state index contributed by atoms with van der Waals surface area (Å²) in [6.45, 7) is 3.10. The minimum Gasteiger partial charge on any atom is -0.337 e. The van der Waals surface area contributed by atoms with Crippen molar-refractivity contribution < 1.29 is 4.79 Å². The molecule has 31 heavy (non-hydrogen) atoms. The molecule has 0 bridgehead atoms. The summed E-state index contributed by atoms with van der Waals surface area (Å²) in [5.41, 5.74) is 3.56. The lowest BCUT2D eigenvalue weighted by Crippen LogP contribution is -2.49. The van der Waals surface area contributed by atoms with Crippen molar-refractivity contribution in [2.24, 2.45) is 0 Å². The molecule has 0 saturated carbocycles. The molecule has 1 saturated heterocycles. The van der Waals surface area contributed by atoms with Crippen LogP contribution in [0.5, 0.6) is 0 Å². The Balaban J connectivity index is 1.46. The van der Waals surface area contributed by atoms with Crippen LogP contribution in [0.25, 0.3) is 4.48 Å². The quantitative estimate of drug-likeness (QED) is 0.365. The van der Waals surface area contributed by atoms with E-state index in [0.717, 1.165) is 27.6 Å². The highest BCUT2D eigenvalue weighted by molar-refractivity contribution is 9.15. The van der Waals surface area contributed by atoms with E-state index in [9.17, 15) is 4.79 Å². The summed E-state index contributed by atoms with van der Waals surface area (Å²) in [4.78, 5) is 17.3. The highest BCUT2D eigenvalue weighted by Crippen LogP contribution is 2.30. The molecule has 1 amide bonds. The van der Waals surface area contributed by atoms with Crippen LogP contribution in [0.1, 0.15) is 22.7 Å². The fraction of sp³-hybridized carbons (Fsp3) is 0.192. The van der Waals surface area contributed by atoms with E-state index >= 15 is 0 Å². The molecule has 1 fully saturated rings. The van der Waals surface area contributed by atoms with E-state index < -0.39 is 0 Å². The SMILES string of the molecule is O=C(C=C(Br)c1ccc(Br)cc1)N1CCN(C(c2ccccc2)c2ccccc2)CC1. The highest BCUT2D eigenvalue weighted by atomic mass is 79.9. The van der Waals surface area contributed by atoms with Crippen molar-refractivity contribution in [3.8, 4) is 0 Å². The number of hydrogen-bond acceptors (Lipinski definition) is 2. The minimum absolute atomic E-state index is 0.0467. The molecule has 0 spiro atoms. The molecule has 0 aromatic heterocycles. The molecule has 0 unspecified atom stereocenters. The van der Waals surface area contributed by atoms with E-state index in [2.05, 4.69) is 97.4 Å². The molecule has 3 aromatic carbocycles. The first-order valence-corrected chi connectivity index (χ1v) is 12.0. The lowest BCUT2D eigenvalue weighted by molar-refractivity contribution is -0.127. The molecule has 158 valence electrons. The van der Waals surface area contributed by atoms with Gasteiger partial charge in [0.15, 0.2) is 0 Å². The molecule has 0 N–H and O–H groups in total. The molecule has 4 rings (SSSR count). The topological polar surface area (TPSA) is 23.6 Å². The summed E-state index contributed by atoms with van der Waals surface area (Å²) in [7, 11) is 0. The zero-order chi connectivity index (χ0) is 21.6. The molecule has 3 aromatic rings. The third kappa shape index (κ3) is 5.53. The van der Waals surface area contributed by atoms with Gasteiger partial charge < -0.3 is 4.90 Å². The molecule has 1 aliphatic heterocycles. The Morgan fingerprint density at radius 1 is 0.774 bits per heavy atom. The van der Waals surface area contributed by atoms with Gasteiger partial charge in [0.25, 0.3) is 0 Å². The molecule has 0 aliphatic carbocycles. The molecule has 3 nitrogen and oxygen atoms in total. The van der Waals surface area contributed by atoms with E-state index in [1.54, 1.807) is 6.08 Å². The monoisotopic (exact) mass is 538 g/mol. The van der Waals surface area contributed by atoms with Crippen LogP contribution in [0.3, 0.4) is 0 Å². The Kier molecular flexibility index (Phi) is 7.38. The largest absolute Gasteiger partial charge is 0.337 e. The van der Waals surface area contributed by atoms with Gasteiger partial charge in [0.05, 0.1) is 6.04 Å². The standard InChI is InChI=1S/C26H24Br2N2O/c27-23-13-11-20(12-14-23)24(28)19-25(31)29-15-17-30(18-16-29)26(21-7-3-1-4-8-21)22-9-5-2-6-10-22/h1-14,19,26H,15-18H2. The number of rotatable bonds is 5. The van der Waals surface area contributed by atoms with Crippen molar-refractivity contribution in [3.05, 3.63) is 112 Å². The van der Waals surface area contributed by atoms with Gasteiger partial charge in [0.2, 0.25) is 5.91 Å². The van der Waals surface area contributed by atoms with Gasteiger partial charge in [-0.3, -0.25) is 9.69 Å². The lowest BCUT2D eigenvalue weighted by Gasteiger charge is -2.39. The molecular weight excluding hydrogens is 516 g/mol. The number of piperazine rings is 1. The summed E-state index contributed by atoms with van der Waals surface area (Å²) in [5.74, 6) is 0.0467. The van der Waals surface area contributed by atoms with E-state index in [1.165, 1.54) is 11.1 Å². The lowest BCUT2D eigenvalue weighted by atomic mass is 9.96. The van der Waals surface area contributed by atoms with Crippen molar-refractivity contribution in [2.75, 3.05) is 26.2 Å². The summed E-state index contributed by atoms with van der Waals surface area (Å²) < 4.78 is 1.82. The fourth-order valence-electron chi connectivity index (χ4n) is 3.98. The first-order chi connectivity index (χ1) is 15.1. The smallest absolute Gasteiger partial charge is 0.247 e. The number of nitrogens with zero attached hydrogens (tertiary/aromatic N) is 2. The second-order valence-electron chi connectivity index (χ2n) is 7.58. The predicted molar refractivity (Wildman–Crippen MR) is 134 cm³/mol. The van der Waals surface area contributed by atoms with Gasteiger partial charge in [-0.2, -0.15) is 0 Å². The van der Waals surface area contributed by atoms with Gasteiger partial charge in [0.1, 0.15) is 0 Å². The van der Waals surface area contributed by atoms with Crippen LogP contribution in [0, 0.1) is 0 Å². The van der Waals surface area contributed by atoms with E-state index in [-0.39, 0.29) is 11.9 Å². The number of amides is 1. The fourth-order valence-corrected chi connectivity index (χ4v) is 4.70. The molecule has 5 heteroatoms. The Hall–Kier alpha value is -2.21. The second kappa shape index (κ2) is 10.4. The van der Waals surface area contributed by atoms with Crippen LogP contribution in [0.4, 0.5) is 0 Å². The molecule has 0 atom stereocenters. The average Bonchev–Trinajstić information content (AvgIpc) is 2.81. The predicted octanol–water partition coefficient (Wildman–Crippen LogP) is 6.12. The van der Waals surface area contributed by atoms with E-state index in [0.29, 0.717) is 13.1 Å². The van der Waals surface area contributed by atoms with Gasteiger partial charge >= 0.3 is 0 Å². The maximum atomic E-state index is 12.9. The van der Waals surface area contributed by atoms with Crippen molar-refractivity contribution in [2.45, 2.75) is 6.04 Å². The Bertz CT molecular complexity index is 989. The van der Waals surface area contributed by atoms with Crippen LogP contribution in [-0.2, 0) is 4.79 Å². The van der Waals surface area contributed by atoms with Crippen LogP contribution in [-0.4, -0.2) is 41.9 Å². The first-order valence-electron chi connectivity index (χ1n) is 10.4. The Morgan fingerprint density at radius 3 is 1.81 bits per heavy atom. The molecule has 0 radical (unpaired) electrons. The normalized spacial score (nSPS) is 15.3. The molecular formula is C26H24Br2N2O. The second-order valence-corrected chi connectivity index (χ2v) is 9.35. The zero-order valence-electron chi connectivity index (χ0n) is 17.1. The van der Waals surface area contributed by atoms with Crippen molar-refractivity contribution in [3.63, 3.8) is 0 Å². The summed E-state index contributed by atoms with van der Waals surface area (Å²) in [5, 5.41) is 0. The van der Waals surface area contributed by atoms with Gasteiger partial charge in [-0.25, -0.2) is 0 Å². The third-order valence-corrected chi connectivity index (χ3v) is 6.81. The zero-order valence-corrected chi connectivity index (χ0v) is 20.3. The van der Waals surface area contributed by atoms with Gasteiger partial charge in [-0.15, -0.1) is 0 Å². The molecule has 1 aliphatic rings. The number of halogens is 2. The number of hydrogen-bond donors (Lipinski definition) is 0. The maximum absolute atomic E-state index is 12.9. The van der Waals surface area contributed by atoms with Crippen molar-refractivity contribution >= 4 is 42.2 Å². The Morgan fingerprint density at radius 2 is 1.29 bits per heavy atom. The van der Waals surface area contributed by atoms with Gasteiger partial charge in [-0.1, -0.05) is 88.7 Å². The summed E-state index contributed by atoms with van der Waals surface area (Å²) >= 11 is 7.01. The number of carbonyl (C=O) groups is 1. The Labute approximate surface area is 200 Å². The number of benzene rings is 3. The summed E-state index contributed by atoms with van der Waals surface area (Å²) in [6, 6.07) is 29.3. The van der Waals surface area contributed by atoms with Crippen LogP contribution in [0.2, 0.25) is 0 Å². The van der Waals surface area contributed by atoms with Crippen molar-refractivity contribution in [1.29, 1.82) is 0 Å². The average molecular weight is 540 g/mol. The van der Waals surface area contributed by atoms with Crippen LogP contribution in [0.15, 0.2) is 95.5 Å². The first kappa shape index (κ1) is 22.0. The minimum atomic E-state index is 0.0467. The van der Waals surface area contributed by atoms with E-state index in [1.807, 2.05) is 29.2 Å². The highest BCUT2D eigenvalue weighted by Gasteiger charge is 2.27. The van der Waals surface area contributed by atoms with Gasteiger partial charge in [0, 0.05) is 41.2 Å².